The van der Waals surface area contributed by atoms with Crippen LogP contribution in [-0.4, -0.2) is 55.1 Å². The van der Waals surface area contributed by atoms with Gasteiger partial charge in [-0.3, -0.25) is 9.69 Å². The molecule has 1 aromatic carbocycles. The van der Waals surface area contributed by atoms with Crippen molar-refractivity contribution in [3.8, 4) is 0 Å². The van der Waals surface area contributed by atoms with Crippen molar-refractivity contribution in [2.75, 3.05) is 39.3 Å². The highest BCUT2D eigenvalue weighted by Crippen LogP contribution is 2.13. The summed E-state index contributed by atoms with van der Waals surface area (Å²) < 4.78 is 4.96. The molecule has 0 spiro atoms. The standard InChI is InChI=1S/C16H23ClN2O2/c1-2-21-16(20)7-8-18-9-11-19(12-10-18)13-14-3-5-15(17)6-4-14/h3-6H,2,7-13H2,1H3. The highest BCUT2D eigenvalue weighted by Gasteiger charge is 2.17. The fourth-order valence-corrected chi connectivity index (χ4v) is 2.63. The van der Waals surface area contributed by atoms with E-state index in [0.29, 0.717) is 13.0 Å². The number of nitrogens with zero attached hydrogens (tertiary/aromatic N) is 2. The molecule has 0 aliphatic carbocycles. The molecule has 0 atom stereocenters. The number of piperazine rings is 1. The number of carbonyl (C=O) groups is 1. The first kappa shape index (κ1) is 16.3. The zero-order chi connectivity index (χ0) is 15.1. The van der Waals surface area contributed by atoms with Crippen LogP contribution < -0.4 is 0 Å². The molecule has 0 aromatic heterocycles. The molecular weight excluding hydrogens is 288 g/mol. The molecule has 116 valence electrons. The second kappa shape index (κ2) is 8.37. The van der Waals surface area contributed by atoms with Crippen LogP contribution in [0.5, 0.6) is 0 Å². The maximum atomic E-state index is 11.3. The van der Waals surface area contributed by atoms with Crippen LogP contribution in [-0.2, 0) is 16.1 Å². The SMILES string of the molecule is CCOC(=O)CCN1CCN(Cc2ccc(Cl)cc2)CC1. The van der Waals surface area contributed by atoms with Gasteiger partial charge < -0.3 is 9.64 Å². The van der Waals surface area contributed by atoms with Gasteiger partial charge in [-0.1, -0.05) is 23.7 Å². The van der Waals surface area contributed by atoms with Gasteiger partial charge in [0.1, 0.15) is 0 Å². The Hall–Kier alpha value is -1.10. The molecule has 1 aliphatic heterocycles. The van der Waals surface area contributed by atoms with Crippen LogP contribution in [0.15, 0.2) is 24.3 Å². The molecule has 2 rings (SSSR count). The third-order valence-electron chi connectivity index (χ3n) is 3.72. The maximum absolute atomic E-state index is 11.3. The minimum atomic E-state index is -0.0962. The molecule has 0 saturated carbocycles. The Morgan fingerprint density at radius 1 is 1.14 bits per heavy atom. The van der Waals surface area contributed by atoms with Crippen molar-refractivity contribution < 1.29 is 9.53 Å². The van der Waals surface area contributed by atoms with Crippen LogP contribution in [0.2, 0.25) is 5.02 Å². The lowest BCUT2D eigenvalue weighted by Gasteiger charge is -2.34. The number of esters is 1. The van der Waals surface area contributed by atoms with Gasteiger partial charge in [0.25, 0.3) is 0 Å². The fraction of sp³-hybridized carbons (Fsp3) is 0.562. The van der Waals surface area contributed by atoms with Crippen molar-refractivity contribution in [2.24, 2.45) is 0 Å². The van der Waals surface area contributed by atoms with Gasteiger partial charge in [-0.2, -0.15) is 0 Å². The molecule has 0 radical (unpaired) electrons. The van der Waals surface area contributed by atoms with E-state index in [1.165, 1.54) is 5.56 Å². The minimum Gasteiger partial charge on any atom is -0.466 e. The Morgan fingerprint density at radius 2 is 1.76 bits per heavy atom. The van der Waals surface area contributed by atoms with E-state index in [1.54, 1.807) is 0 Å². The largest absolute Gasteiger partial charge is 0.466 e. The van der Waals surface area contributed by atoms with E-state index in [9.17, 15) is 4.79 Å². The summed E-state index contributed by atoms with van der Waals surface area (Å²) in [7, 11) is 0. The molecule has 0 unspecified atom stereocenters. The number of rotatable bonds is 6. The van der Waals surface area contributed by atoms with Crippen molar-refractivity contribution in [3.63, 3.8) is 0 Å². The summed E-state index contributed by atoms with van der Waals surface area (Å²) in [6, 6.07) is 8.03. The van der Waals surface area contributed by atoms with E-state index in [2.05, 4.69) is 21.9 Å². The topological polar surface area (TPSA) is 32.8 Å². The van der Waals surface area contributed by atoms with E-state index in [1.807, 2.05) is 19.1 Å². The first-order valence-corrected chi connectivity index (χ1v) is 7.90. The fourth-order valence-electron chi connectivity index (χ4n) is 2.50. The zero-order valence-corrected chi connectivity index (χ0v) is 13.3. The highest BCUT2D eigenvalue weighted by atomic mass is 35.5. The molecule has 5 heteroatoms. The third-order valence-corrected chi connectivity index (χ3v) is 3.97. The molecule has 1 aromatic rings. The lowest BCUT2D eigenvalue weighted by Crippen LogP contribution is -2.46. The van der Waals surface area contributed by atoms with Gasteiger partial charge in [0.05, 0.1) is 13.0 Å². The molecule has 1 aliphatic rings. The van der Waals surface area contributed by atoms with Crippen molar-refractivity contribution in [1.29, 1.82) is 0 Å². The molecule has 0 bridgehead atoms. The number of benzene rings is 1. The maximum Gasteiger partial charge on any atom is 0.307 e. The second-order valence-electron chi connectivity index (χ2n) is 5.30. The van der Waals surface area contributed by atoms with Crippen LogP contribution in [0.25, 0.3) is 0 Å². The number of ether oxygens (including phenoxy) is 1. The molecule has 21 heavy (non-hydrogen) atoms. The van der Waals surface area contributed by atoms with Crippen molar-refractivity contribution in [3.05, 3.63) is 34.9 Å². The number of hydrogen-bond donors (Lipinski definition) is 0. The van der Waals surface area contributed by atoms with Gasteiger partial charge in [0.15, 0.2) is 0 Å². The average molecular weight is 311 g/mol. The molecule has 1 heterocycles. The summed E-state index contributed by atoms with van der Waals surface area (Å²) >= 11 is 5.90. The van der Waals surface area contributed by atoms with Crippen LogP contribution in [0, 0.1) is 0 Å². The molecular formula is C16H23ClN2O2. The number of halogens is 1. The Bertz CT molecular complexity index is 442. The Kier molecular flexibility index (Phi) is 6.49. The smallest absolute Gasteiger partial charge is 0.307 e. The van der Waals surface area contributed by atoms with Crippen molar-refractivity contribution in [2.45, 2.75) is 19.9 Å². The summed E-state index contributed by atoms with van der Waals surface area (Å²) in [6.07, 6.45) is 0.491. The van der Waals surface area contributed by atoms with E-state index >= 15 is 0 Å². The molecule has 4 nitrogen and oxygen atoms in total. The first-order chi connectivity index (χ1) is 10.2. The number of hydrogen-bond acceptors (Lipinski definition) is 4. The normalized spacial score (nSPS) is 16.9. The van der Waals surface area contributed by atoms with Gasteiger partial charge in [-0.25, -0.2) is 0 Å². The summed E-state index contributed by atoms with van der Waals surface area (Å²) in [5.41, 5.74) is 1.29. The zero-order valence-electron chi connectivity index (χ0n) is 12.6. The summed E-state index contributed by atoms with van der Waals surface area (Å²) in [5, 5.41) is 0.780. The first-order valence-electron chi connectivity index (χ1n) is 7.52. The third kappa shape index (κ3) is 5.65. The van der Waals surface area contributed by atoms with Gasteiger partial charge in [-0.15, -0.1) is 0 Å². The Morgan fingerprint density at radius 3 is 2.38 bits per heavy atom. The van der Waals surface area contributed by atoms with Gasteiger partial charge in [0.2, 0.25) is 0 Å². The van der Waals surface area contributed by atoms with Crippen LogP contribution in [0.3, 0.4) is 0 Å². The summed E-state index contributed by atoms with van der Waals surface area (Å²) in [6.45, 7) is 8.15. The quantitative estimate of drug-likeness (QED) is 0.756. The van der Waals surface area contributed by atoms with E-state index in [0.717, 1.165) is 44.3 Å². The van der Waals surface area contributed by atoms with Crippen molar-refractivity contribution >= 4 is 17.6 Å². The predicted molar refractivity (Wildman–Crippen MR) is 84.4 cm³/mol. The van der Waals surface area contributed by atoms with Crippen LogP contribution >= 0.6 is 11.6 Å². The van der Waals surface area contributed by atoms with Crippen LogP contribution in [0.1, 0.15) is 18.9 Å². The lowest BCUT2D eigenvalue weighted by molar-refractivity contribution is -0.143. The highest BCUT2D eigenvalue weighted by molar-refractivity contribution is 6.30. The van der Waals surface area contributed by atoms with Gasteiger partial charge >= 0.3 is 5.97 Å². The Labute approximate surface area is 131 Å². The predicted octanol–water partition coefficient (Wildman–Crippen LogP) is 2.41. The summed E-state index contributed by atoms with van der Waals surface area (Å²) in [4.78, 5) is 16.1. The van der Waals surface area contributed by atoms with Crippen molar-refractivity contribution in [1.82, 2.24) is 9.80 Å². The average Bonchev–Trinajstić information content (AvgIpc) is 2.49. The molecule has 0 N–H and O–H groups in total. The van der Waals surface area contributed by atoms with E-state index in [-0.39, 0.29) is 5.97 Å². The van der Waals surface area contributed by atoms with Gasteiger partial charge in [-0.05, 0) is 24.6 Å². The molecule has 1 saturated heterocycles. The second-order valence-corrected chi connectivity index (χ2v) is 5.74. The molecule has 0 amide bonds. The van der Waals surface area contributed by atoms with Gasteiger partial charge in [0, 0.05) is 44.3 Å². The van der Waals surface area contributed by atoms with Crippen LogP contribution in [0.4, 0.5) is 0 Å². The monoisotopic (exact) mass is 310 g/mol. The summed E-state index contributed by atoms with van der Waals surface area (Å²) in [5.74, 6) is -0.0962. The van der Waals surface area contributed by atoms with E-state index in [4.69, 9.17) is 16.3 Å². The molecule has 1 fully saturated rings. The lowest BCUT2D eigenvalue weighted by atomic mass is 10.2. The Balaban J connectivity index is 1.68. The number of carbonyl (C=O) groups excluding carboxylic acids is 1. The van der Waals surface area contributed by atoms with E-state index < -0.39 is 0 Å². The minimum absolute atomic E-state index is 0.0962.